The van der Waals surface area contributed by atoms with Crippen LogP contribution in [0.3, 0.4) is 0 Å². The molecule has 0 aliphatic carbocycles. The van der Waals surface area contributed by atoms with Crippen LogP contribution in [0.1, 0.15) is 43.0 Å². The van der Waals surface area contributed by atoms with Crippen molar-refractivity contribution in [2.45, 2.75) is 23.9 Å². The maximum atomic E-state index is 14.4. The van der Waals surface area contributed by atoms with Gasteiger partial charge in [-0.1, -0.05) is 66.7 Å². The van der Waals surface area contributed by atoms with Crippen LogP contribution in [-0.2, 0) is 33.2 Å². The van der Waals surface area contributed by atoms with Gasteiger partial charge in [-0.2, -0.15) is 8.78 Å². The third-order valence-corrected chi connectivity index (χ3v) is 7.91. The molecular weight excluding hydrogens is 556 g/mol. The molecule has 1 atom stereocenters. The molecule has 10 heteroatoms. The molecule has 0 aliphatic rings. The van der Waals surface area contributed by atoms with Gasteiger partial charge in [-0.25, -0.2) is 9.18 Å². The summed E-state index contributed by atoms with van der Waals surface area (Å²) in [5, 5.41) is 0. The highest BCUT2D eigenvalue weighted by Gasteiger charge is 2.50. The van der Waals surface area contributed by atoms with E-state index in [2.05, 4.69) is 0 Å². The number of carbonyl (C=O) groups is 2. The van der Waals surface area contributed by atoms with E-state index >= 15 is 0 Å². The van der Waals surface area contributed by atoms with Crippen LogP contribution in [0.2, 0.25) is 0 Å². The van der Waals surface area contributed by atoms with Crippen molar-refractivity contribution in [1.29, 1.82) is 0 Å². The summed E-state index contributed by atoms with van der Waals surface area (Å²) in [6.07, 6.45) is 0.138. The van der Waals surface area contributed by atoms with Gasteiger partial charge < -0.3 is 14.5 Å². The molecule has 0 spiro atoms. The van der Waals surface area contributed by atoms with Gasteiger partial charge in [0.05, 0.1) is 18.1 Å². The SMILES string of the molecule is COC(=O)c1ccc(C(Cc2ccccc2)(Cc2ccc(C(F)(F)P(=O)(O)O)cc2)C(=O)c2ccc(F)cc2)cc1. The largest absolute Gasteiger partial charge is 0.465 e. The lowest BCUT2D eigenvalue weighted by atomic mass is 9.67. The molecule has 1 unspecified atom stereocenters. The summed E-state index contributed by atoms with van der Waals surface area (Å²) in [4.78, 5) is 44.7. The maximum absolute atomic E-state index is 14.4. The molecule has 0 saturated heterocycles. The van der Waals surface area contributed by atoms with Gasteiger partial charge in [-0.05, 0) is 65.9 Å². The zero-order valence-electron chi connectivity index (χ0n) is 21.8. The Balaban J connectivity index is 1.89. The zero-order chi connectivity index (χ0) is 29.8. The van der Waals surface area contributed by atoms with Crippen molar-refractivity contribution in [2.24, 2.45) is 0 Å². The number of methoxy groups -OCH3 is 1. The molecule has 2 N–H and O–H groups in total. The maximum Gasteiger partial charge on any atom is 0.399 e. The lowest BCUT2D eigenvalue weighted by Crippen LogP contribution is -2.41. The molecule has 0 bridgehead atoms. The summed E-state index contributed by atoms with van der Waals surface area (Å²) in [5.41, 5.74) is -4.43. The fraction of sp³-hybridized carbons (Fsp3) is 0.161. The molecule has 0 aromatic heterocycles. The quantitative estimate of drug-likeness (QED) is 0.127. The topological polar surface area (TPSA) is 101 Å². The number of ether oxygens (including phenoxy) is 1. The van der Waals surface area contributed by atoms with E-state index in [0.717, 1.165) is 17.7 Å². The average molecular weight is 583 g/mol. The van der Waals surface area contributed by atoms with E-state index in [4.69, 9.17) is 14.5 Å². The van der Waals surface area contributed by atoms with E-state index in [9.17, 15) is 27.3 Å². The van der Waals surface area contributed by atoms with Crippen LogP contribution in [-0.4, -0.2) is 28.6 Å². The summed E-state index contributed by atoms with van der Waals surface area (Å²) >= 11 is 0. The summed E-state index contributed by atoms with van der Waals surface area (Å²) in [5.74, 6) is -1.48. The number of ketones is 1. The summed E-state index contributed by atoms with van der Waals surface area (Å²) < 4.78 is 58.5. The fourth-order valence-electron chi connectivity index (χ4n) is 4.76. The first-order valence-corrected chi connectivity index (χ1v) is 14.0. The van der Waals surface area contributed by atoms with Gasteiger partial charge in [0, 0.05) is 11.1 Å². The number of alkyl halides is 2. The summed E-state index contributed by atoms with van der Waals surface area (Å²) in [7, 11) is -4.53. The second-order valence-corrected chi connectivity index (χ2v) is 11.3. The van der Waals surface area contributed by atoms with Crippen LogP contribution in [0.5, 0.6) is 0 Å². The molecule has 212 valence electrons. The van der Waals surface area contributed by atoms with Gasteiger partial charge in [-0.15, -0.1) is 0 Å². The normalized spacial score (nSPS) is 13.3. The first-order valence-electron chi connectivity index (χ1n) is 12.4. The molecule has 0 radical (unpaired) electrons. The van der Waals surface area contributed by atoms with Crippen LogP contribution in [0.25, 0.3) is 0 Å². The van der Waals surface area contributed by atoms with Crippen molar-refractivity contribution < 1.29 is 41.8 Å². The van der Waals surface area contributed by atoms with Crippen LogP contribution >= 0.6 is 7.60 Å². The molecule has 0 heterocycles. The number of esters is 1. The Morgan fingerprint density at radius 2 is 1.22 bits per heavy atom. The number of hydrogen-bond acceptors (Lipinski definition) is 4. The van der Waals surface area contributed by atoms with Gasteiger partial charge in [0.2, 0.25) is 0 Å². The minimum atomic E-state index is -5.77. The number of Topliss-reactive ketones (excluding diaryl/α,β-unsaturated/α-hetero) is 1. The Hall–Kier alpha value is -4.04. The van der Waals surface area contributed by atoms with Gasteiger partial charge >= 0.3 is 19.2 Å². The Morgan fingerprint density at radius 1 is 0.732 bits per heavy atom. The molecule has 4 rings (SSSR count). The van der Waals surface area contributed by atoms with E-state index < -0.39 is 36.0 Å². The second kappa shape index (κ2) is 11.8. The molecule has 0 saturated carbocycles. The first kappa shape index (κ1) is 29.9. The van der Waals surface area contributed by atoms with Crippen molar-refractivity contribution in [2.75, 3.05) is 7.11 Å². The minimum Gasteiger partial charge on any atom is -0.465 e. The Morgan fingerprint density at radius 3 is 1.73 bits per heavy atom. The minimum absolute atomic E-state index is 0.0164. The predicted octanol–water partition coefficient (Wildman–Crippen LogP) is 6.45. The van der Waals surface area contributed by atoms with Crippen LogP contribution in [0.15, 0.2) is 103 Å². The number of halogens is 3. The monoisotopic (exact) mass is 582 g/mol. The molecule has 0 aliphatic heterocycles. The highest BCUT2D eigenvalue weighted by atomic mass is 31.2. The molecular formula is C31H26F3O6P. The lowest BCUT2D eigenvalue weighted by Gasteiger charge is -2.34. The van der Waals surface area contributed by atoms with Crippen LogP contribution < -0.4 is 0 Å². The van der Waals surface area contributed by atoms with Gasteiger partial charge in [0.25, 0.3) is 0 Å². The van der Waals surface area contributed by atoms with Gasteiger partial charge in [-0.3, -0.25) is 9.36 Å². The lowest BCUT2D eigenvalue weighted by molar-refractivity contribution is 0.0564. The van der Waals surface area contributed by atoms with Crippen molar-refractivity contribution in [3.63, 3.8) is 0 Å². The fourth-order valence-corrected chi connectivity index (χ4v) is 5.25. The van der Waals surface area contributed by atoms with Gasteiger partial charge in [0.15, 0.2) is 5.78 Å². The van der Waals surface area contributed by atoms with E-state index in [-0.39, 0.29) is 29.8 Å². The standard InChI is InChI=1S/C31H26F3O6P/c1-40-29(36)24-9-15-25(16-10-24)30(19-21-5-3-2-4-6-21,28(35)23-11-17-27(32)18-12-23)20-22-7-13-26(14-8-22)31(33,34)41(37,38)39/h2-18H,19-20H2,1H3,(H2,37,38,39). The van der Waals surface area contributed by atoms with E-state index in [1.54, 1.807) is 12.1 Å². The predicted molar refractivity (Wildman–Crippen MR) is 146 cm³/mol. The molecule has 41 heavy (non-hydrogen) atoms. The highest BCUT2D eigenvalue weighted by molar-refractivity contribution is 7.52. The van der Waals surface area contributed by atoms with E-state index in [1.807, 2.05) is 30.3 Å². The Labute approximate surface area is 234 Å². The third-order valence-electron chi connectivity index (χ3n) is 6.92. The number of hydrogen-bond donors (Lipinski definition) is 2. The molecule has 4 aromatic rings. The van der Waals surface area contributed by atoms with Crippen LogP contribution in [0.4, 0.5) is 13.2 Å². The molecule has 4 aromatic carbocycles. The Bertz CT molecular complexity index is 1570. The molecule has 0 fully saturated rings. The van der Waals surface area contributed by atoms with E-state index in [0.29, 0.717) is 11.1 Å². The van der Waals surface area contributed by atoms with E-state index in [1.165, 1.54) is 55.6 Å². The zero-order valence-corrected chi connectivity index (χ0v) is 22.7. The number of carbonyl (C=O) groups excluding carboxylic acids is 2. The van der Waals surface area contributed by atoms with Crippen molar-refractivity contribution in [3.05, 3.63) is 142 Å². The summed E-state index contributed by atoms with van der Waals surface area (Å²) in [6, 6.07) is 24.9. The van der Waals surface area contributed by atoms with Crippen LogP contribution in [0, 0.1) is 5.82 Å². The van der Waals surface area contributed by atoms with Crippen molar-refractivity contribution >= 4 is 19.3 Å². The summed E-state index contributed by atoms with van der Waals surface area (Å²) in [6.45, 7) is 0. The average Bonchev–Trinajstić information content (AvgIpc) is 2.96. The molecule has 6 nitrogen and oxygen atoms in total. The Kier molecular flexibility index (Phi) is 8.63. The number of rotatable bonds is 10. The number of benzene rings is 4. The van der Waals surface area contributed by atoms with Crippen molar-refractivity contribution in [3.8, 4) is 0 Å². The first-order chi connectivity index (χ1) is 19.4. The third kappa shape index (κ3) is 6.33. The highest BCUT2D eigenvalue weighted by Crippen LogP contribution is 2.59. The van der Waals surface area contributed by atoms with Gasteiger partial charge in [0.1, 0.15) is 5.82 Å². The smallest absolute Gasteiger partial charge is 0.399 e. The van der Waals surface area contributed by atoms with Crippen molar-refractivity contribution in [1.82, 2.24) is 0 Å². The second-order valence-electron chi connectivity index (χ2n) is 9.61. The molecule has 0 amide bonds.